The molecule has 118 valence electrons. The highest BCUT2D eigenvalue weighted by atomic mass is 35.5. The summed E-state index contributed by atoms with van der Waals surface area (Å²) < 4.78 is 10.5. The molecule has 2 aromatic carbocycles. The molecule has 0 saturated heterocycles. The lowest BCUT2D eigenvalue weighted by atomic mass is 10.1. The van der Waals surface area contributed by atoms with E-state index >= 15 is 0 Å². The molecule has 0 atom stereocenters. The van der Waals surface area contributed by atoms with E-state index in [0.717, 1.165) is 0 Å². The molecule has 3 nitrogen and oxygen atoms in total. The number of benzene rings is 2. The van der Waals surface area contributed by atoms with Crippen LogP contribution in [0.25, 0.3) is 0 Å². The summed E-state index contributed by atoms with van der Waals surface area (Å²) >= 11 is 5.75. The molecule has 0 radical (unpaired) electrons. The van der Waals surface area contributed by atoms with Gasteiger partial charge in [-0.3, -0.25) is 0 Å². The summed E-state index contributed by atoms with van der Waals surface area (Å²) in [6.45, 7) is 5.43. The molecule has 0 spiro atoms. The molecule has 0 N–H and O–H groups in total. The zero-order valence-corrected chi connectivity index (χ0v) is 13.8. The van der Waals surface area contributed by atoms with Crippen LogP contribution in [0.1, 0.15) is 20.8 Å². The maximum atomic E-state index is 11.6. The third kappa shape index (κ3) is 6.64. The number of carbonyl (C=O) groups is 1. The quantitative estimate of drug-likeness (QED) is 0.763. The van der Waals surface area contributed by atoms with Crippen molar-refractivity contribution in [3.8, 4) is 5.75 Å². The Morgan fingerprint density at radius 2 is 1.45 bits per heavy atom. The van der Waals surface area contributed by atoms with Gasteiger partial charge in [0.25, 0.3) is 0 Å². The fourth-order valence-electron chi connectivity index (χ4n) is 1.53. The molecule has 4 heteroatoms. The SMILES string of the molecule is CCOC(=O)C(C)(C)Oc1ccc(Cl)cc1.c1ccccc1. The van der Waals surface area contributed by atoms with Crippen LogP contribution in [0, 0.1) is 0 Å². The van der Waals surface area contributed by atoms with Crippen molar-refractivity contribution in [1.82, 2.24) is 0 Å². The second kappa shape index (κ2) is 9.11. The van der Waals surface area contributed by atoms with Gasteiger partial charge in [0, 0.05) is 5.02 Å². The molecule has 0 fully saturated rings. The van der Waals surface area contributed by atoms with Crippen LogP contribution in [0.15, 0.2) is 60.7 Å². The van der Waals surface area contributed by atoms with Gasteiger partial charge in [0.15, 0.2) is 5.60 Å². The van der Waals surface area contributed by atoms with Gasteiger partial charge in [-0.15, -0.1) is 0 Å². The van der Waals surface area contributed by atoms with Gasteiger partial charge in [0.05, 0.1) is 6.61 Å². The lowest BCUT2D eigenvalue weighted by molar-refractivity contribution is -0.158. The van der Waals surface area contributed by atoms with Crippen molar-refractivity contribution in [1.29, 1.82) is 0 Å². The van der Waals surface area contributed by atoms with E-state index in [1.807, 2.05) is 36.4 Å². The Morgan fingerprint density at radius 3 is 1.86 bits per heavy atom. The molecule has 0 unspecified atom stereocenters. The van der Waals surface area contributed by atoms with E-state index < -0.39 is 5.60 Å². The number of rotatable bonds is 4. The summed E-state index contributed by atoms with van der Waals surface area (Å²) in [5.74, 6) is 0.201. The molecule has 0 amide bonds. The van der Waals surface area contributed by atoms with Crippen LogP contribution in [-0.4, -0.2) is 18.2 Å². The number of hydrogen-bond acceptors (Lipinski definition) is 3. The molecule has 0 aliphatic rings. The summed E-state index contributed by atoms with van der Waals surface area (Å²) in [5, 5.41) is 0.626. The Labute approximate surface area is 136 Å². The Bertz CT molecular complexity index is 524. The molecule has 2 rings (SSSR count). The van der Waals surface area contributed by atoms with Crippen molar-refractivity contribution < 1.29 is 14.3 Å². The van der Waals surface area contributed by atoms with E-state index in [2.05, 4.69) is 0 Å². The largest absolute Gasteiger partial charge is 0.476 e. The monoisotopic (exact) mass is 320 g/mol. The minimum atomic E-state index is -0.996. The molecule has 22 heavy (non-hydrogen) atoms. The molecule has 0 aliphatic carbocycles. The van der Waals surface area contributed by atoms with Crippen LogP contribution in [-0.2, 0) is 9.53 Å². The van der Waals surface area contributed by atoms with Crippen molar-refractivity contribution in [2.75, 3.05) is 6.61 Å². The topological polar surface area (TPSA) is 35.5 Å². The van der Waals surface area contributed by atoms with E-state index in [1.54, 1.807) is 45.0 Å². The fourth-order valence-corrected chi connectivity index (χ4v) is 1.65. The molecule has 0 bridgehead atoms. The van der Waals surface area contributed by atoms with E-state index in [-0.39, 0.29) is 5.97 Å². The van der Waals surface area contributed by atoms with Gasteiger partial charge in [0.1, 0.15) is 5.75 Å². The number of ether oxygens (including phenoxy) is 2. The third-order valence-electron chi connectivity index (χ3n) is 2.62. The van der Waals surface area contributed by atoms with Crippen molar-refractivity contribution >= 4 is 17.6 Å². The van der Waals surface area contributed by atoms with Crippen molar-refractivity contribution in [2.45, 2.75) is 26.4 Å². The average Bonchev–Trinajstić information content (AvgIpc) is 2.52. The van der Waals surface area contributed by atoms with E-state index in [4.69, 9.17) is 21.1 Å². The van der Waals surface area contributed by atoms with Gasteiger partial charge < -0.3 is 9.47 Å². The molecule has 0 aliphatic heterocycles. The van der Waals surface area contributed by atoms with Gasteiger partial charge in [-0.05, 0) is 45.0 Å². The maximum absolute atomic E-state index is 11.6. The number of esters is 1. The smallest absolute Gasteiger partial charge is 0.349 e. The second-order valence-electron chi connectivity index (χ2n) is 4.94. The van der Waals surface area contributed by atoms with Crippen LogP contribution in [0.2, 0.25) is 5.02 Å². The van der Waals surface area contributed by atoms with Gasteiger partial charge in [-0.1, -0.05) is 48.0 Å². The fraction of sp³-hybridized carbons (Fsp3) is 0.278. The first kappa shape index (κ1) is 18.1. The predicted molar refractivity (Wildman–Crippen MR) is 89.2 cm³/mol. The first-order valence-electron chi connectivity index (χ1n) is 7.07. The molecular formula is C18H21ClO3. The highest BCUT2D eigenvalue weighted by molar-refractivity contribution is 6.30. The zero-order valence-electron chi connectivity index (χ0n) is 13.1. The molecule has 0 aromatic heterocycles. The summed E-state index contributed by atoms with van der Waals surface area (Å²) in [4.78, 5) is 11.6. The van der Waals surface area contributed by atoms with Crippen molar-refractivity contribution in [3.05, 3.63) is 65.7 Å². The normalized spacial score (nSPS) is 10.2. The van der Waals surface area contributed by atoms with Crippen LogP contribution in [0.4, 0.5) is 0 Å². The Hall–Kier alpha value is -2.00. The Balaban J connectivity index is 0.000000335. The molecular weight excluding hydrogens is 300 g/mol. The van der Waals surface area contributed by atoms with E-state index in [0.29, 0.717) is 17.4 Å². The number of halogens is 1. The van der Waals surface area contributed by atoms with Gasteiger partial charge in [-0.2, -0.15) is 0 Å². The standard InChI is InChI=1S/C12H15ClO3.C6H6/c1-4-15-11(14)12(2,3)16-10-7-5-9(13)6-8-10;1-2-4-6-5-3-1/h5-8H,4H2,1-3H3;1-6H. The summed E-state index contributed by atoms with van der Waals surface area (Å²) in [6, 6.07) is 18.8. The van der Waals surface area contributed by atoms with Crippen LogP contribution >= 0.6 is 11.6 Å². The van der Waals surface area contributed by atoms with E-state index in [1.165, 1.54) is 0 Å². The first-order chi connectivity index (χ1) is 10.5. The minimum absolute atomic E-state index is 0.340. The lowest BCUT2D eigenvalue weighted by Crippen LogP contribution is -2.39. The van der Waals surface area contributed by atoms with Crippen LogP contribution in [0.5, 0.6) is 5.75 Å². The maximum Gasteiger partial charge on any atom is 0.349 e. The second-order valence-corrected chi connectivity index (χ2v) is 5.38. The minimum Gasteiger partial charge on any atom is -0.476 e. The third-order valence-corrected chi connectivity index (χ3v) is 2.87. The van der Waals surface area contributed by atoms with E-state index in [9.17, 15) is 4.79 Å². The summed E-state index contributed by atoms with van der Waals surface area (Å²) in [7, 11) is 0. The zero-order chi connectivity index (χ0) is 16.4. The van der Waals surface area contributed by atoms with Gasteiger partial charge in [0.2, 0.25) is 0 Å². The van der Waals surface area contributed by atoms with Gasteiger partial charge >= 0.3 is 5.97 Å². The number of hydrogen-bond donors (Lipinski definition) is 0. The van der Waals surface area contributed by atoms with Gasteiger partial charge in [-0.25, -0.2) is 4.79 Å². The predicted octanol–water partition coefficient (Wildman–Crippen LogP) is 4.75. The summed E-state index contributed by atoms with van der Waals surface area (Å²) in [5.41, 5.74) is -0.996. The van der Waals surface area contributed by atoms with Crippen molar-refractivity contribution in [3.63, 3.8) is 0 Å². The van der Waals surface area contributed by atoms with Crippen LogP contribution < -0.4 is 4.74 Å². The summed E-state index contributed by atoms with van der Waals surface area (Å²) in [6.07, 6.45) is 0. The molecule has 2 aromatic rings. The molecule has 0 heterocycles. The average molecular weight is 321 g/mol. The van der Waals surface area contributed by atoms with Crippen LogP contribution in [0.3, 0.4) is 0 Å². The highest BCUT2D eigenvalue weighted by Crippen LogP contribution is 2.21. The lowest BCUT2D eigenvalue weighted by Gasteiger charge is -2.23. The Morgan fingerprint density at radius 1 is 1.00 bits per heavy atom. The highest BCUT2D eigenvalue weighted by Gasteiger charge is 2.31. The molecule has 0 saturated carbocycles. The Kier molecular flexibility index (Phi) is 7.47. The van der Waals surface area contributed by atoms with Crippen molar-refractivity contribution in [2.24, 2.45) is 0 Å². The first-order valence-corrected chi connectivity index (χ1v) is 7.45. The number of carbonyl (C=O) groups excluding carboxylic acids is 1.